The van der Waals surface area contributed by atoms with E-state index in [4.69, 9.17) is 33.2 Å². The maximum atomic E-state index is 6.44. The van der Waals surface area contributed by atoms with E-state index in [1.54, 1.807) is 11.8 Å². The van der Waals surface area contributed by atoms with Gasteiger partial charge in [0.2, 0.25) is 0 Å². The number of aliphatic imine (C=N–C) groups is 2. The van der Waals surface area contributed by atoms with Crippen molar-refractivity contribution in [3.05, 3.63) is 63.6 Å². The molecule has 1 aliphatic heterocycles. The van der Waals surface area contributed by atoms with Crippen LogP contribution in [0.3, 0.4) is 0 Å². The highest BCUT2D eigenvalue weighted by molar-refractivity contribution is 8.14. The quantitative estimate of drug-likeness (QED) is 0.540. The molecule has 142 valence electrons. The normalized spacial score (nSPS) is 13.8. The first-order chi connectivity index (χ1) is 13.0. The summed E-state index contributed by atoms with van der Waals surface area (Å²) in [5, 5.41) is 2.39. The molecule has 0 bridgehead atoms. The van der Waals surface area contributed by atoms with Crippen molar-refractivity contribution in [1.82, 2.24) is 4.90 Å². The van der Waals surface area contributed by atoms with Gasteiger partial charge in [-0.15, -0.1) is 11.8 Å². The van der Waals surface area contributed by atoms with Crippen molar-refractivity contribution >= 4 is 51.4 Å². The van der Waals surface area contributed by atoms with E-state index in [2.05, 4.69) is 19.0 Å². The SMILES string of the molecule is CN(C)CCCCSC1=Nc2ccc(Cl)cc2C(c2ccccc2Cl)=NC1. The molecular weight excluding hydrogens is 397 g/mol. The van der Waals surface area contributed by atoms with Crippen LogP contribution in [0.25, 0.3) is 0 Å². The third-order valence-electron chi connectivity index (χ3n) is 4.23. The number of hydrogen-bond donors (Lipinski definition) is 0. The van der Waals surface area contributed by atoms with Gasteiger partial charge in [0.1, 0.15) is 0 Å². The van der Waals surface area contributed by atoms with Gasteiger partial charge >= 0.3 is 0 Å². The van der Waals surface area contributed by atoms with E-state index in [0.717, 1.165) is 46.3 Å². The van der Waals surface area contributed by atoms with Gasteiger partial charge in [-0.05, 0) is 63.5 Å². The third-order valence-corrected chi connectivity index (χ3v) is 5.84. The number of unbranched alkanes of at least 4 members (excludes halogenated alkanes) is 1. The fourth-order valence-corrected chi connectivity index (χ4v) is 4.18. The average molecular weight is 420 g/mol. The molecule has 0 fully saturated rings. The van der Waals surface area contributed by atoms with Crippen LogP contribution < -0.4 is 0 Å². The van der Waals surface area contributed by atoms with Gasteiger partial charge < -0.3 is 4.90 Å². The number of nitrogens with zero attached hydrogens (tertiary/aromatic N) is 3. The number of rotatable bonds is 6. The summed E-state index contributed by atoms with van der Waals surface area (Å²) in [6.07, 6.45) is 2.35. The smallest absolute Gasteiger partial charge is 0.0954 e. The van der Waals surface area contributed by atoms with E-state index < -0.39 is 0 Å². The van der Waals surface area contributed by atoms with Crippen LogP contribution in [0.4, 0.5) is 5.69 Å². The van der Waals surface area contributed by atoms with Crippen molar-refractivity contribution in [2.24, 2.45) is 9.98 Å². The predicted octanol–water partition coefficient (Wildman–Crippen LogP) is 5.95. The molecule has 27 heavy (non-hydrogen) atoms. The van der Waals surface area contributed by atoms with E-state index in [0.29, 0.717) is 16.6 Å². The molecule has 0 atom stereocenters. The summed E-state index contributed by atoms with van der Waals surface area (Å²) in [7, 11) is 4.21. The van der Waals surface area contributed by atoms with Crippen LogP contribution in [-0.2, 0) is 0 Å². The zero-order chi connectivity index (χ0) is 19.2. The third kappa shape index (κ3) is 5.58. The molecule has 0 aliphatic carbocycles. The zero-order valence-electron chi connectivity index (χ0n) is 15.6. The lowest BCUT2D eigenvalue weighted by molar-refractivity contribution is 0.399. The largest absolute Gasteiger partial charge is 0.309 e. The van der Waals surface area contributed by atoms with Crippen molar-refractivity contribution in [2.75, 3.05) is 32.9 Å². The summed E-state index contributed by atoms with van der Waals surface area (Å²) in [4.78, 5) is 11.9. The minimum Gasteiger partial charge on any atom is -0.309 e. The van der Waals surface area contributed by atoms with Crippen LogP contribution in [0.5, 0.6) is 0 Å². The monoisotopic (exact) mass is 419 g/mol. The Morgan fingerprint density at radius 3 is 2.63 bits per heavy atom. The van der Waals surface area contributed by atoms with Crippen LogP contribution >= 0.6 is 35.0 Å². The van der Waals surface area contributed by atoms with Crippen LogP contribution in [0, 0.1) is 0 Å². The molecule has 0 aromatic heterocycles. The van der Waals surface area contributed by atoms with Gasteiger partial charge in [0, 0.05) is 21.2 Å². The summed E-state index contributed by atoms with van der Waals surface area (Å²) in [5.74, 6) is 1.05. The molecule has 0 saturated carbocycles. The van der Waals surface area contributed by atoms with Crippen LogP contribution in [0.1, 0.15) is 24.0 Å². The predicted molar refractivity (Wildman–Crippen MR) is 121 cm³/mol. The lowest BCUT2D eigenvalue weighted by Crippen LogP contribution is -2.13. The number of benzene rings is 2. The van der Waals surface area contributed by atoms with Crippen molar-refractivity contribution in [3.63, 3.8) is 0 Å². The molecular formula is C21H23Cl2N3S. The van der Waals surface area contributed by atoms with Gasteiger partial charge in [-0.25, -0.2) is 4.99 Å². The molecule has 0 amide bonds. The number of halogens is 2. The molecule has 0 unspecified atom stereocenters. The maximum absolute atomic E-state index is 6.44. The number of thioether (sulfide) groups is 1. The Labute approximate surface area is 175 Å². The first-order valence-corrected chi connectivity index (χ1v) is 10.7. The van der Waals surface area contributed by atoms with E-state index in [-0.39, 0.29) is 0 Å². The van der Waals surface area contributed by atoms with Gasteiger partial charge in [-0.2, -0.15) is 0 Å². The van der Waals surface area contributed by atoms with Crippen molar-refractivity contribution < 1.29 is 0 Å². The summed E-state index contributed by atoms with van der Waals surface area (Å²) in [6, 6.07) is 13.5. The van der Waals surface area contributed by atoms with Crippen molar-refractivity contribution in [1.29, 1.82) is 0 Å². The molecule has 0 spiro atoms. The summed E-state index contributed by atoms with van der Waals surface area (Å²) < 4.78 is 0. The Bertz CT molecular complexity index is 862. The molecule has 3 nitrogen and oxygen atoms in total. The second-order valence-corrected chi connectivity index (χ2v) is 8.68. The molecule has 6 heteroatoms. The molecule has 1 heterocycles. The molecule has 1 aliphatic rings. The highest BCUT2D eigenvalue weighted by Crippen LogP contribution is 2.31. The minimum atomic E-state index is 0.561. The van der Waals surface area contributed by atoms with Gasteiger partial charge in [0.15, 0.2) is 0 Å². The number of fused-ring (bicyclic) bond motifs is 1. The highest BCUT2D eigenvalue weighted by Gasteiger charge is 2.18. The second-order valence-electron chi connectivity index (χ2n) is 6.67. The van der Waals surface area contributed by atoms with E-state index >= 15 is 0 Å². The lowest BCUT2D eigenvalue weighted by Gasteiger charge is -2.10. The fraction of sp³-hybridized carbons (Fsp3) is 0.333. The van der Waals surface area contributed by atoms with Gasteiger partial charge in [0.25, 0.3) is 0 Å². The summed E-state index contributed by atoms with van der Waals surface area (Å²) in [6.45, 7) is 1.67. The summed E-state index contributed by atoms with van der Waals surface area (Å²) >= 11 is 14.5. The number of hydrogen-bond acceptors (Lipinski definition) is 4. The Kier molecular flexibility index (Phi) is 7.36. The first-order valence-electron chi connectivity index (χ1n) is 8.99. The van der Waals surface area contributed by atoms with E-state index in [9.17, 15) is 0 Å². The summed E-state index contributed by atoms with van der Waals surface area (Å²) in [5.41, 5.74) is 3.59. The second kappa shape index (κ2) is 9.74. The zero-order valence-corrected chi connectivity index (χ0v) is 17.9. The molecule has 2 aromatic rings. The van der Waals surface area contributed by atoms with E-state index in [1.165, 1.54) is 6.42 Å². The first kappa shape index (κ1) is 20.4. The Morgan fingerprint density at radius 1 is 1.04 bits per heavy atom. The molecule has 2 aromatic carbocycles. The maximum Gasteiger partial charge on any atom is 0.0954 e. The van der Waals surface area contributed by atoms with Crippen molar-refractivity contribution in [2.45, 2.75) is 12.8 Å². The minimum absolute atomic E-state index is 0.561. The van der Waals surface area contributed by atoms with Crippen molar-refractivity contribution in [3.8, 4) is 0 Å². The Morgan fingerprint density at radius 2 is 1.85 bits per heavy atom. The Balaban J connectivity index is 1.83. The molecule has 0 saturated heterocycles. The molecule has 0 N–H and O–H groups in total. The lowest BCUT2D eigenvalue weighted by atomic mass is 10.0. The van der Waals surface area contributed by atoms with Gasteiger partial charge in [0.05, 0.1) is 23.0 Å². The average Bonchev–Trinajstić information content (AvgIpc) is 2.81. The van der Waals surface area contributed by atoms with Gasteiger partial charge in [-0.1, -0.05) is 41.4 Å². The fourth-order valence-electron chi connectivity index (χ4n) is 2.88. The van der Waals surface area contributed by atoms with Gasteiger partial charge in [-0.3, -0.25) is 4.99 Å². The van der Waals surface area contributed by atoms with E-state index in [1.807, 2.05) is 42.5 Å². The Hall–Kier alpha value is -1.33. The molecule has 0 radical (unpaired) electrons. The highest BCUT2D eigenvalue weighted by atomic mass is 35.5. The standard InChI is InChI=1S/C21H23Cl2N3S/c1-26(2)11-5-6-12-27-20-14-24-21(16-7-3-4-8-18(16)23)17-13-15(22)9-10-19(17)25-20/h3-4,7-10,13H,5-6,11-12,14H2,1-2H3. The van der Waals surface area contributed by atoms with Crippen LogP contribution in [-0.4, -0.2) is 48.6 Å². The van der Waals surface area contributed by atoms with Crippen LogP contribution in [0.15, 0.2) is 52.4 Å². The topological polar surface area (TPSA) is 28.0 Å². The molecule has 3 rings (SSSR count). The van der Waals surface area contributed by atoms with Crippen LogP contribution in [0.2, 0.25) is 10.0 Å².